The summed E-state index contributed by atoms with van der Waals surface area (Å²) in [5.41, 5.74) is 1.43. The molecule has 1 saturated heterocycles. The van der Waals surface area contributed by atoms with Crippen LogP contribution >= 0.6 is 28.1 Å². The average Bonchev–Trinajstić information content (AvgIpc) is 3.05. The molecule has 10 heteroatoms. The molecule has 2 aromatic carbocycles. The Balaban J connectivity index is 2.09. The summed E-state index contributed by atoms with van der Waals surface area (Å²) in [6.07, 6.45) is 1.66. The topological polar surface area (TPSA) is 77.5 Å². The van der Waals surface area contributed by atoms with Crippen LogP contribution < -0.4 is 19.1 Å². The van der Waals surface area contributed by atoms with Crippen LogP contribution in [0.1, 0.15) is 19.4 Å². The maximum atomic E-state index is 13.5. The molecule has 2 aromatic rings. The van der Waals surface area contributed by atoms with Crippen LogP contribution in [0.2, 0.25) is 0 Å². The summed E-state index contributed by atoms with van der Waals surface area (Å²) in [7, 11) is 2.84. The van der Waals surface area contributed by atoms with Crippen LogP contribution in [0.25, 0.3) is 6.08 Å². The second kappa shape index (κ2) is 11.3. The van der Waals surface area contributed by atoms with Gasteiger partial charge in [-0.1, -0.05) is 15.9 Å². The van der Waals surface area contributed by atoms with Gasteiger partial charge in [0.2, 0.25) is 0 Å². The Hall–Kier alpha value is -3.11. The number of methoxy groups -OCH3 is 2. The van der Waals surface area contributed by atoms with Crippen LogP contribution in [0.4, 0.5) is 5.69 Å². The zero-order valence-electron chi connectivity index (χ0n) is 19.3. The summed E-state index contributed by atoms with van der Waals surface area (Å²) in [6, 6.07) is 10.5. The van der Waals surface area contributed by atoms with Crippen molar-refractivity contribution in [2.45, 2.75) is 13.8 Å². The molecule has 0 bridgehead atoms. The van der Waals surface area contributed by atoms with Crippen molar-refractivity contribution in [2.24, 2.45) is 0 Å². The summed E-state index contributed by atoms with van der Waals surface area (Å²) in [5.74, 6) is 0.860. The number of carbonyl (C=O) groups is 2. The molecule has 1 heterocycles. The van der Waals surface area contributed by atoms with Crippen LogP contribution in [0.5, 0.6) is 17.2 Å². The van der Waals surface area contributed by atoms with Crippen molar-refractivity contribution in [3.05, 3.63) is 52.1 Å². The largest absolute Gasteiger partial charge is 0.497 e. The zero-order chi connectivity index (χ0) is 24.8. The smallest absolute Gasteiger partial charge is 0.325 e. The minimum absolute atomic E-state index is 0.166. The van der Waals surface area contributed by atoms with Gasteiger partial charge < -0.3 is 23.8 Å². The minimum Gasteiger partial charge on any atom is -0.497 e. The van der Waals surface area contributed by atoms with Crippen LogP contribution in [-0.2, 0) is 14.3 Å². The quantitative estimate of drug-likeness (QED) is 0.259. The Morgan fingerprint density at radius 1 is 1.06 bits per heavy atom. The number of nitrogens with zero attached hydrogens (tertiary/aromatic N) is 2. The van der Waals surface area contributed by atoms with Crippen molar-refractivity contribution < 1.29 is 28.5 Å². The van der Waals surface area contributed by atoms with E-state index in [2.05, 4.69) is 15.9 Å². The first-order valence-corrected chi connectivity index (χ1v) is 11.7. The number of halogens is 1. The molecule has 0 aromatic heterocycles. The lowest BCUT2D eigenvalue weighted by atomic mass is 10.1. The van der Waals surface area contributed by atoms with Gasteiger partial charge in [-0.15, -0.1) is 0 Å². The zero-order valence-corrected chi connectivity index (χ0v) is 21.7. The van der Waals surface area contributed by atoms with Gasteiger partial charge in [-0.3, -0.25) is 14.5 Å². The van der Waals surface area contributed by atoms with Gasteiger partial charge in [0.25, 0.3) is 5.91 Å². The third kappa shape index (κ3) is 5.34. The number of hydrogen-bond donors (Lipinski definition) is 0. The predicted octanol–water partition coefficient (Wildman–Crippen LogP) is 4.40. The third-order valence-electron chi connectivity index (χ3n) is 4.94. The molecule has 1 aliphatic rings. The Morgan fingerprint density at radius 2 is 1.68 bits per heavy atom. The maximum absolute atomic E-state index is 13.5. The lowest BCUT2D eigenvalue weighted by Crippen LogP contribution is -2.35. The fourth-order valence-corrected chi connectivity index (χ4v) is 4.12. The van der Waals surface area contributed by atoms with Crippen molar-refractivity contribution in [3.8, 4) is 17.2 Å². The van der Waals surface area contributed by atoms with Crippen molar-refractivity contribution in [1.29, 1.82) is 0 Å². The van der Waals surface area contributed by atoms with E-state index in [-0.39, 0.29) is 23.3 Å². The van der Waals surface area contributed by atoms with Crippen molar-refractivity contribution >= 4 is 56.9 Å². The molecule has 34 heavy (non-hydrogen) atoms. The minimum atomic E-state index is -0.529. The molecule has 0 aliphatic carbocycles. The van der Waals surface area contributed by atoms with E-state index in [0.717, 1.165) is 0 Å². The highest BCUT2D eigenvalue weighted by atomic mass is 79.9. The number of thiocarbonyl (C=S) groups is 1. The normalized spacial score (nSPS) is 14.6. The first-order chi connectivity index (χ1) is 16.3. The molecule has 8 nitrogen and oxygen atoms in total. The number of anilines is 1. The maximum Gasteiger partial charge on any atom is 0.325 e. The summed E-state index contributed by atoms with van der Waals surface area (Å²) >= 11 is 9.14. The highest BCUT2D eigenvalue weighted by Crippen LogP contribution is 2.37. The first-order valence-electron chi connectivity index (χ1n) is 10.5. The number of ether oxygens (including phenoxy) is 4. The highest BCUT2D eigenvalue weighted by Gasteiger charge is 2.40. The molecular weight excluding hydrogens is 524 g/mol. The number of rotatable bonds is 9. The van der Waals surface area contributed by atoms with Crippen molar-refractivity contribution in [3.63, 3.8) is 0 Å². The van der Waals surface area contributed by atoms with Crippen LogP contribution in [0, 0.1) is 0 Å². The lowest BCUT2D eigenvalue weighted by Gasteiger charge is -2.19. The average molecular weight is 549 g/mol. The molecule has 0 saturated carbocycles. The van der Waals surface area contributed by atoms with Gasteiger partial charge in [0.15, 0.2) is 16.6 Å². The molecule has 1 fully saturated rings. The van der Waals surface area contributed by atoms with Gasteiger partial charge in [-0.2, -0.15) is 0 Å². The fourth-order valence-electron chi connectivity index (χ4n) is 3.33. The van der Waals surface area contributed by atoms with Gasteiger partial charge in [0.1, 0.15) is 18.0 Å². The van der Waals surface area contributed by atoms with Crippen LogP contribution in [-0.4, -0.2) is 55.9 Å². The van der Waals surface area contributed by atoms with E-state index in [1.54, 1.807) is 49.6 Å². The van der Waals surface area contributed by atoms with Gasteiger partial charge in [0.05, 0.1) is 33.1 Å². The highest BCUT2D eigenvalue weighted by molar-refractivity contribution is 9.10. The SMILES string of the molecule is CCOc1cc(Br)c(/C=C2/C(=O)N(c3ccc(OC)cc3)C(=S)N2CC(=O)OC)cc1OCC. The second-order valence-corrected chi connectivity index (χ2v) is 8.22. The molecule has 0 unspecified atom stereocenters. The Labute approximate surface area is 212 Å². The van der Waals surface area contributed by atoms with Crippen molar-refractivity contribution in [2.75, 3.05) is 38.9 Å². The van der Waals surface area contributed by atoms with E-state index >= 15 is 0 Å². The molecule has 0 atom stereocenters. The molecule has 1 aliphatic heterocycles. The predicted molar refractivity (Wildman–Crippen MR) is 136 cm³/mol. The summed E-state index contributed by atoms with van der Waals surface area (Å²) < 4.78 is 22.1. The van der Waals surface area contributed by atoms with Crippen molar-refractivity contribution in [1.82, 2.24) is 4.90 Å². The number of carbonyl (C=O) groups excluding carboxylic acids is 2. The number of esters is 1. The second-order valence-electron chi connectivity index (χ2n) is 7.00. The molecule has 1 amide bonds. The first kappa shape index (κ1) is 25.5. The van der Waals surface area contributed by atoms with E-state index in [0.29, 0.717) is 46.2 Å². The standard InChI is InChI=1S/C24H25BrN2O6S/c1-5-32-20-12-15(18(25)13-21(20)33-6-2)11-19-23(29)27(16-7-9-17(30-3)10-8-16)24(34)26(19)14-22(28)31-4/h7-13H,5-6,14H2,1-4H3/b19-11-. The number of amides is 1. The monoisotopic (exact) mass is 548 g/mol. The van der Waals surface area contributed by atoms with E-state index in [4.69, 9.17) is 31.2 Å². The molecule has 180 valence electrons. The Bertz CT molecular complexity index is 1120. The molecule has 0 radical (unpaired) electrons. The molecule has 3 rings (SSSR count). The molecular formula is C24H25BrN2O6S. The van der Waals surface area contributed by atoms with Gasteiger partial charge in [0, 0.05) is 4.47 Å². The van der Waals surface area contributed by atoms with E-state index in [1.807, 2.05) is 13.8 Å². The summed E-state index contributed by atoms with van der Waals surface area (Å²) in [4.78, 5) is 28.5. The molecule has 0 N–H and O–H groups in total. The van der Waals surface area contributed by atoms with Gasteiger partial charge >= 0.3 is 5.97 Å². The van der Waals surface area contributed by atoms with Gasteiger partial charge in [-0.25, -0.2) is 0 Å². The van der Waals surface area contributed by atoms with Crippen LogP contribution in [0.15, 0.2) is 46.6 Å². The Kier molecular flexibility index (Phi) is 8.51. The van der Waals surface area contributed by atoms with E-state index < -0.39 is 5.97 Å². The number of hydrogen-bond acceptors (Lipinski definition) is 7. The number of benzene rings is 2. The summed E-state index contributed by atoms with van der Waals surface area (Å²) in [6.45, 7) is 4.46. The summed E-state index contributed by atoms with van der Waals surface area (Å²) in [5, 5.41) is 0.166. The van der Waals surface area contributed by atoms with Crippen LogP contribution in [0.3, 0.4) is 0 Å². The lowest BCUT2D eigenvalue weighted by molar-refractivity contribution is -0.140. The van der Waals surface area contributed by atoms with Gasteiger partial charge in [-0.05, 0) is 74.1 Å². The fraction of sp³-hybridized carbons (Fsp3) is 0.292. The van der Waals surface area contributed by atoms with E-state index in [9.17, 15) is 9.59 Å². The Morgan fingerprint density at radius 3 is 2.24 bits per heavy atom. The molecule has 0 spiro atoms. The third-order valence-corrected chi connectivity index (χ3v) is 6.03. The van der Waals surface area contributed by atoms with E-state index in [1.165, 1.54) is 16.9 Å².